The van der Waals surface area contributed by atoms with Crippen molar-refractivity contribution in [3.8, 4) is 5.75 Å². The van der Waals surface area contributed by atoms with Crippen molar-refractivity contribution in [3.63, 3.8) is 0 Å². The molecule has 1 atom stereocenters. The first-order valence-corrected chi connectivity index (χ1v) is 12.0. The van der Waals surface area contributed by atoms with E-state index in [1.165, 1.54) is 32.4 Å². The normalized spacial score (nSPS) is 15.2. The number of halogens is 3. The highest BCUT2D eigenvalue weighted by Crippen LogP contribution is 2.38. The summed E-state index contributed by atoms with van der Waals surface area (Å²) >= 11 is 0. The predicted molar refractivity (Wildman–Crippen MR) is 138 cm³/mol. The second-order valence-electron chi connectivity index (χ2n) is 9.05. The van der Waals surface area contributed by atoms with Gasteiger partial charge in [-0.25, -0.2) is 4.98 Å². The minimum Gasteiger partial charge on any atom is -0.495 e. The van der Waals surface area contributed by atoms with Gasteiger partial charge in [-0.05, 0) is 42.7 Å². The zero-order valence-electron chi connectivity index (χ0n) is 21.1. The number of anilines is 4. The molecule has 1 saturated heterocycles. The molecule has 4 rings (SSSR count). The first-order chi connectivity index (χ1) is 18.1. The molecule has 0 unspecified atom stereocenters. The second kappa shape index (κ2) is 11.0. The fourth-order valence-electron chi connectivity index (χ4n) is 4.29. The Morgan fingerprint density at radius 3 is 2.47 bits per heavy atom. The Morgan fingerprint density at radius 1 is 1.05 bits per heavy atom. The van der Waals surface area contributed by atoms with E-state index in [-0.39, 0.29) is 28.7 Å². The van der Waals surface area contributed by atoms with Crippen LogP contribution in [0.4, 0.5) is 36.1 Å². The summed E-state index contributed by atoms with van der Waals surface area (Å²) in [6.07, 6.45) is -3.03. The van der Waals surface area contributed by atoms with Gasteiger partial charge in [-0.1, -0.05) is 19.1 Å². The number of alkyl halides is 3. The minimum absolute atomic E-state index is 0.101. The van der Waals surface area contributed by atoms with E-state index in [0.717, 1.165) is 6.42 Å². The summed E-state index contributed by atoms with van der Waals surface area (Å²) in [6.45, 7) is 3.48. The first kappa shape index (κ1) is 26.8. The molecule has 3 aromatic rings. The summed E-state index contributed by atoms with van der Waals surface area (Å²) in [7, 11) is 2.88. The molecule has 1 aromatic heterocycles. The molecule has 2 amide bonds. The maximum absolute atomic E-state index is 13.8. The number of amides is 2. The second-order valence-corrected chi connectivity index (χ2v) is 9.05. The van der Waals surface area contributed by atoms with Crippen LogP contribution in [0, 0.1) is 5.92 Å². The van der Waals surface area contributed by atoms with Gasteiger partial charge >= 0.3 is 6.18 Å². The van der Waals surface area contributed by atoms with Gasteiger partial charge in [0.05, 0.1) is 35.3 Å². The highest BCUT2D eigenvalue weighted by atomic mass is 19.4. The monoisotopic (exact) mass is 527 g/mol. The van der Waals surface area contributed by atoms with Gasteiger partial charge in [0.1, 0.15) is 11.6 Å². The number of likely N-dealkylation sites (tertiary alicyclic amines) is 1. The van der Waals surface area contributed by atoms with Crippen LogP contribution in [0.15, 0.2) is 54.7 Å². The topological polar surface area (TPSA) is 95.6 Å². The molecular weight excluding hydrogens is 499 g/mol. The van der Waals surface area contributed by atoms with Crippen molar-refractivity contribution < 1.29 is 27.5 Å². The van der Waals surface area contributed by atoms with E-state index in [1.54, 1.807) is 35.2 Å². The van der Waals surface area contributed by atoms with E-state index in [4.69, 9.17) is 4.74 Å². The zero-order chi connectivity index (χ0) is 27.4. The molecule has 1 aliphatic heterocycles. The number of ether oxygens (including phenoxy) is 1. The van der Waals surface area contributed by atoms with Crippen molar-refractivity contribution in [3.05, 3.63) is 71.4 Å². The predicted octanol–water partition coefficient (Wildman–Crippen LogP) is 5.44. The third kappa shape index (κ3) is 5.82. The van der Waals surface area contributed by atoms with Crippen LogP contribution in [0.2, 0.25) is 0 Å². The Morgan fingerprint density at radius 2 is 1.82 bits per heavy atom. The Bertz CT molecular complexity index is 1350. The number of nitrogens with one attached hydrogen (secondary N) is 3. The van der Waals surface area contributed by atoms with Gasteiger partial charge in [0.15, 0.2) is 0 Å². The molecule has 200 valence electrons. The number of para-hydroxylation sites is 1. The molecule has 0 radical (unpaired) electrons. The third-order valence-corrected chi connectivity index (χ3v) is 6.30. The number of aromatic nitrogens is 1. The van der Waals surface area contributed by atoms with Crippen molar-refractivity contribution >= 4 is 34.7 Å². The molecule has 2 heterocycles. The van der Waals surface area contributed by atoms with Gasteiger partial charge < -0.3 is 25.6 Å². The highest BCUT2D eigenvalue weighted by molar-refractivity contribution is 6.00. The number of carbonyl (C=O) groups excluding carboxylic acids is 2. The van der Waals surface area contributed by atoms with Gasteiger partial charge in [-0.2, -0.15) is 13.2 Å². The number of rotatable bonds is 7. The lowest BCUT2D eigenvalue weighted by Crippen LogP contribution is -2.28. The van der Waals surface area contributed by atoms with E-state index in [9.17, 15) is 22.8 Å². The van der Waals surface area contributed by atoms with Crippen LogP contribution < -0.4 is 20.7 Å². The lowest BCUT2D eigenvalue weighted by atomic mass is 10.1. The lowest BCUT2D eigenvalue weighted by molar-refractivity contribution is -0.137. The fourth-order valence-corrected chi connectivity index (χ4v) is 4.29. The summed E-state index contributed by atoms with van der Waals surface area (Å²) in [6, 6.07) is 12.3. The molecule has 2 aromatic carbocycles. The lowest BCUT2D eigenvalue weighted by Gasteiger charge is -2.19. The van der Waals surface area contributed by atoms with E-state index < -0.39 is 17.6 Å². The average molecular weight is 528 g/mol. The molecule has 1 fully saturated rings. The molecule has 0 bridgehead atoms. The van der Waals surface area contributed by atoms with Crippen LogP contribution in [0.3, 0.4) is 0 Å². The van der Waals surface area contributed by atoms with E-state index >= 15 is 0 Å². The van der Waals surface area contributed by atoms with Crippen molar-refractivity contribution in [2.45, 2.75) is 19.5 Å². The Kier molecular flexibility index (Phi) is 7.75. The van der Waals surface area contributed by atoms with Crippen LogP contribution in [0.1, 0.15) is 39.6 Å². The number of nitrogens with zero attached hydrogens (tertiary/aromatic N) is 2. The smallest absolute Gasteiger partial charge is 0.419 e. The molecule has 8 nitrogen and oxygen atoms in total. The summed E-state index contributed by atoms with van der Waals surface area (Å²) in [5.74, 6) is 0.330. The summed E-state index contributed by atoms with van der Waals surface area (Å²) in [5.41, 5.74) is -0.0319. The van der Waals surface area contributed by atoms with E-state index in [1.807, 2.05) is 0 Å². The average Bonchev–Trinajstić information content (AvgIpc) is 3.34. The van der Waals surface area contributed by atoms with Crippen molar-refractivity contribution in [1.29, 1.82) is 0 Å². The fraction of sp³-hybridized carbons (Fsp3) is 0.296. The first-order valence-electron chi connectivity index (χ1n) is 12.0. The summed E-state index contributed by atoms with van der Waals surface area (Å²) in [5, 5.41) is 8.18. The van der Waals surface area contributed by atoms with Gasteiger partial charge in [0, 0.05) is 38.0 Å². The third-order valence-electron chi connectivity index (χ3n) is 6.30. The van der Waals surface area contributed by atoms with Gasteiger partial charge in [-0.15, -0.1) is 0 Å². The maximum atomic E-state index is 13.8. The van der Waals surface area contributed by atoms with Crippen LogP contribution in [0.5, 0.6) is 5.75 Å². The molecule has 0 aliphatic carbocycles. The van der Waals surface area contributed by atoms with Gasteiger partial charge in [-0.3, -0.25) is 9.59 Å². The molecule has 0 spiro atoms. The van der Waals surface area contributed by atoms with Crippen molar-refractivity contribution in [1.82, 2.24) is 15.2 Å². The van der Waals surface area contributed by atoms with Crippen LogP contribution >= 0.6 is 0 Å². The Balaban J connectivity index is 1.64. The highest BCUT2D eigenvalue weighted by Gasteiger charge is 2.35. The number of benzene rings is 2. The molecule has 1 aliphatic rings. The number of hydrogen-bond donors (Lipinski definition) is 3. The summed E-state index contributed by atoms with van der Waals surface area (Å²) in [4.78, 5) is 30.8. The quantitative estimate of drug-likeness (QED) is 0.379. The van der Waals surface area contributed by atoms with Crippen LogP contribution in [0.25, 0.3) is 0 Å². The standard InChI is InChI=1S/C27H28F3N5O3/c1-16-10-11-35(15-16)26(37)17-8-9-21(23(12-17)38-3)34-24-13-22(19(14-32-24)27(28,29)30)33-20-7-5-4-6-18(20)25(36)31-2/h4-9,12-14,16H,10-11,15H2,1-3H3,(H,31,36)(H2,32,33,34)/t16-/m0/s1. The number of carbonyl (C=O) groups is 2. The minimum atomic E-state index is -4.69. The van der Waals surface area contributed by atoms with Gasteiger partial charge in [0.25, 0.3) is 11.8 Å². The molecule has 11 heteroatoms. The summed E-state index contributed by atoms with van der Waals surface area (Å²) < 4.78 is 46.8. The molecule has 38 heavy (non-hydrogen) atoms. The Hall–Kier alpha value is -4.28. The largest absolute Gasteiger partial charge is 0.495 e. The maximum Gasteiger partial charge on any atom is 0.419 e. The SMILES string of the molecule is CNC(=O)c1ccccc1Nc1cc(Nc2ccc(C(=O)N3CC[C@H](C)C3)cc2OC)ncc1C(F)(F)F. The number of methoxy groups -OCH3 is 1. The zero-order valence-corrected chi connectivity index (χ0v) is 21.1. The number of hydrogen-bond acceptors (Lipinski definition) is 6. The Labute approximate surface area is 218 Å². The van der Waals surface area contributed by atoms with Crippen molar-refractivity contribution in [2.24, 2.45) is 5.92 Å². The van der Waals surface area contributed by atoms with E-state index in [0.29, 0.717) is 42.2 Å². The molecule has 3 N–H and O–H groups in total. The number of pyridine rings is 1. The van der Waals surface area contributed by atoms with Gasteiger partial charge in [0.2, 0.25) is 0 Å². The van der Waals surface area contributed by atoms with E-state index in [2.05, 4.69) is 27.9 Å². The van der Waals surface area contributed by atoms with Crippen molar-refractivity contribution in [2.75, 3.05) is 37.9 Å². The van der Waals surface area contributed by atoms with Crippen LogP contribution in [-0.2, 0) is 6.18 Å². The van der Waals surface area contributed by atoms with Crippen LogP contribution in [-0.4, -0.2) is 48.9 Å². The molecular formula is C27H28F3N5O3. The molecule has 0 saturated carbocycles.